The van der Waals surface area contributed by atoms with Crippen LogP contribution in [-0.2, 0) is 11.2 Å². The van der Waals surface area contributed by atoms with Crippen LogP contribution in [0.4, 0.5) is 21.0 Å². The van der Waals surface area contributed by atoms with Gasteiger partial charge in [-0.05, 0) is 42.7 Å². The van der Waals surface area contributed by atoms with Crippen LogP contribution in [0.15, 0.2) is 42.6 Å². The van der Waals surface area contributed by atoms with Crippen LogP contribution in [0.1, 0.15) is 11.1 Å². The Morgan fingerprint density at radius 1 is 1.22 bits per heavy atom. The molecular weight excluding hydrogens is 346 g/mol. The van der Waals surface area contributed by atoms with Crippen LogP contribution in [0.3, 0.4) is 0 Å². The molecule has 2 heterocycles. The number of hydrogen-bond donors (Lipinski definition) is 2. The Morgan fingerprint density at radius 3 is 2.89 bits per heavy atom. The number of carbonyl (C=O) groups is 2. The van der Waals surface area contributed by atoms with Crippen LogP contribution in [0.25, 0.3) is 10.9 Å². The average molecular weight is 365 g/mol. The standard InChI is InChI=1S/C19H19N5O3/c1-12-6-7-13-8-9-23(17(13)10-12)22-18(25)21-15-4-3-5-16-14(15)11-20-24(16)19(26)27-2/h3-7,10-11H,8-9H2,1-2H3,(H2,21,22,25). The molecule has 27 heavy (non-hydrogen) atoms. The van der Waals surface area contributed by atoms with Crippen molar-refractivity contribution in [3.63, 3.8) is 0 Å². The number of methoxy groups -OCH3 is 1. The lowest BCUT2D eigenvalue weighted by Gasteiger charge is -2.21. The molecule has 0 atom stereocenters. The molecule has 0 fully saturated rings. The zero-order valence-electron chi connectivity index (χ0n) is 15.0. The fourth-order valence-corrected chi connectivity index (χ4v) is 3.27. The molecule has 2 amide bonds. The van der Waals surface area contributed by atoms with E-state index in [-0.39, 0.29) is 6.03 Å². The Bertz CT molecular complexity index is 1040. The van der Waals surface area contributed by atoms with Gasteiger partial charge in [0.15, 0.2) is 0 Å². The number of hydrazine groups is 1. The summed E-state index contributed by atoms with van der Waals surface area (Å²) in [7, 11) is 1.29. The van der Waals surface area contributed by atoms with Crippen LogP contribution in [0.5, 0.6) is 0 Å². The van der Waals surface area contributed by atoms with E-state index in [1.807, 2.05) is 11.9 Å². The Balaban J connectivity index is 1.54. The summed E-state index contributed by atoms with van der Waals surface area (Å²) in [6.45, 7) is 2.74. The first-order valence-electron chi connectivity index (χ1n) is 8.56. The van der Waals surface area contributed by atoms with Crippen molar-refractivity contribution in [3.8, 4) is 0 Å². The molecule has 0 radical (unpaired) electrons. The largest absolute Gasteiger partial charge is 0.451 e. The van der Waals surface area contributed by atoms with Crippen molar-refractivity contribution in [1.82, 2.24) is 15.2 Å². The van der Waals surface area contributed by atoms with Crippen molar-refractivity contribution >= 4 is 34.4 Å². The third-order valence-corrected chi connectivity index (χ3v) is 4.58. The zero-order chi connectivity index (χ0) is 19.0. The van der Waals surface area contributed by atoms with Gasteiger partial charge in [-0.2, -0.15) is 9.78 Å². The second kappa shape index (κ2) is 6.64. The molecule has 0 unspecified atom stereocenters. The van der Waals surface area contributed by atoms with Gasteiger partial charge in [-0.15, -0.1) is 0 Å². The van der Waals surface area contributed by atoms with Gasteiger partial charge in [0.25, 0.3) is 0 Å². The van der Waals surface area contributed by atoms with Crippen LogP contribution in [-0.4, -0.2) is 35.6 Å². The number of fused-ring (bicyclic) bond motifs is 2. The second-order valence-corrected chi connectivity index (χ2v) is 6.36. The molecule has 8 heteroatoms. The maximum Gasteiger partial charge on any atom is 0.434 e. The van der Waals surface area contributed by atoms with Crippen molar-refractivity contribution in [2.45, 2.75) is 13.3 Å². The molecule has 1 aliphatic heterocycles. The van der Waals surface area contributed by atoms with Gasteiger partial charge in [-0.1, -0.05) is 18.2 Å². The van der Waals surface area contributed by atoms with E-state index in [9.17, 15) is 9.59 Å². The number of aryl methyl sites for hydroxylation is 1. The highest BCUT2D eigenvalue weighted by atomic mass is 16.5. The summed E-state index contributed by atoms with van der Waals surface area (Å²) in [5, 5.41) is 9.36. The first-order valence-corrected chi connectivity index (χ1v) is 8.56. The van der Waals surface area contributed by atoms with Gasteiger partial charge in [-0.25, -0.2) is 15.0 Å². The maximum absolute atomic E-state index is 12.5. The quantitative estimate of drug-likeness (QED) is 0.729. The van der Waals surface area contributed by atoms with Crippen LogP contribution < -0.4 is 15.8 Å². The number of rotatable bonds is 2. The van der Waals surface area contributed by atoms with Crippen molar-refractivity contribution < 1.29 is 14.3 Å². The molecule has 0 saturated carbocycles. The topological polar surface area (TPSA) is 88.5 Å². The predicted molar refractivity (Wildman–Crippen MR) is 102 cm³/mol. The van der Waals surface area contributed by atoms with Gasteiger partial charge in [0, 0.05) is 11.9 Å². The molecule has 3 aromatic rings. The molecule has 0 spiro atoms. The van der Waals surface area contributed by atoms with E-state index in [0.29, 0.717) is 16.6 Å². The van der Waals surface area contributed by atoms with Gasteiger partial charge in [0.2, 0.25) is 0 Å². The summed E-state index contributed by atoms with van der Waals surface area (Å²) < 4.78 is 5.86. The van der Waals surface area contributed by atoms with E-state index >= 15 is 0 Å². The molecule has 0 bridgehead atoms. The molecular formula is C19H19N5O3. The van der Waals surface area contributed by atoms with Crippen molar-refractivity contribution in [3.05, 3.63) is 53.7 Å². The van der Waals surface area contributed by atoms with Crippen LogP contribution in [0, 0.1) is 6.92 Å². The minimum Gasteiger partial charge on any atom is -0.451 e. The van der Waals surface area contributed by atoms with E-state index in [4.69, 9.17) is 4.74 Å². The minimum absolute atomic E-state index is 0.359. The van der Waals surface area contributed by atoms with E-state index in [0.717, 1.165) is 28.9 Å². The zero-order valence-corrected chi connectivity index (χ0v) is 15.0. The van der Waals surface area contributed by atoms with E-state index < -0.39 is 6.09 Å². The number of amides is 2. The number of carbonyl (C=O) groups excluding carboxylic acids is 2. The molecule has 0 aliphatic carbocycles. The fourth-order valence-electron chi connectivity index (χ4n) is 3.27. The number of nitrogens with zero attached hydrogens (tertiary/aromatic N) is 3. The van der Waals surface area contributed by atoms with Gasteiger partial charge < -0.3 is 10.1 Å². The molecule has 4 rings (SSSR count). The summed E-state index contributed by atoms with van der Waals surface area (Å²) in [6.07, 6.45) is 1.82. The molecule has 2 aromatic carbocycles. The molecule has 1 aromatic heterocycles. The van der Waals surface area contributed by atoms with Gasteiger partial charge in [0.1, 0.15) is 0 Å². The summed E-state index contributed by atoms with van der Waals surface area (Å²) in [5.41, 5.74) is 7.36. The Labute approximate surface area is 155 Å². The maximum atomic E-state index is 12.5. The summed E-state index contributed by atoms with van der Waals surface area (Å²) in [6, 6.07) is 11.1. The summed E-state index contributed by atoms with van der Waals surface area (Å²) in [4.78, 5) is 24.3. The lowest BCUT2D eigenvalue weighted by atomic mass is 10.1. The lowest BCUT2D eigenvalue weighted by molar-refractivity contribution is 0.170. The third-order valence-electron chi connectivity index (χ3n) is 4.58. The number of nitrogens with one attached hydrogen (secondary N) is 2. The number of aromatic nitrogens is 2. The minimum atomic E-state index is -0.587. The molecule has 138 valence electrons. The van der Waals surface area contributed by atoms with Crippen LogP contribution in [0.2, 0.25) is 0 Å². The monoisotopic (exact) mass is 365 g/mol. The number of benzene rings is 2. The first-order chi connectivity index (χ1) is 13.1. The van der Waals surface area contributed by atoms with E-state index in [1.54, 1.807) is 18.2 Å². The number of urea groups is 1. The molecule has 0 saturated heterocycles. The van der Waals surface area contributed by atoms with Gasteiger partial charge in [0.05, 0.1) is 30.2 Å². The van der Waals surface area contributed by atoms with Crippen molar-refractivity contribution in [1.29, 1.82) is 0 Å². The number of anilines is 2. The smallest absolute Gasteiger partial charge is 0.434 e. The summed E-state index contributed by atoms with van der Waals surface area (Å²) in [5.74, 6) is 0. The molecule has 8 nitrogen and oxygen atoms in total. The predicted octanol–water partition coefficient (Wildman–Crippen LogP) is 3.06. The normalized spacial score (nSPS) is 12.7. The van der Waals surface area contributed by atoms with E-state index in [2.05, 4.69) is 34.0 Å². The fraction of sp³-hybridized carbons (Fsp3) is 0.211. The third kappa shape index (κ3) is 3.05. The highest BCUT2D eigenvalue weighted by Gasteiger charge is 2.21. The van der Waals surface area contributed by atoms with Crippen molar-refractivity contribution in [2.75, 3.05) is 24.0 Å². The van der Waals surface area contributed by atoms with Crippen molar-refractivity contribution in [2.24, 2.45) is 0 Å². The second-order valence-electron chi connectivity index (χ2n) is 6.36. The van der Waals surface area contributed by atoms with E-state index in [1.165, 1.54) is 18.9 Å². The summed E-state index contributed by atoms with van der Waals surface area (Å²) >= 11 is 0. The number of ether oxygens (including phenoxy) is 1. The molecule has 1 aliphatic rings. The highest BCUT2D eigenvalue weighted by molar-refractivity contribution is 6.02. The number of hydrogen-bond acceptors (Lipinski definition) is 5. The Kier molecular flexibility index (Phi) is 4.15. The lowest BCUT2D eigenvalue weighted by Crippen LogP contribution is -2.43. The SMILES string of the molecule is COC(=O)n1ncc2c(NC(=O)NN3CCc4ccc(C)cc43)cccc21. The Morgan fingerprint density at radius 2 is 2.07 bits per heavy atom. The Hall–Kier alpha value is -3.55. The average Bonchev–Trinajstić information content (AvgIpc) is 3.26. The highest BCUT2D eigenvalue weighted by Crippen LogP contribution is 2.28. The van der Waals surface area contributed by atoms with Gasteiger partial charge >= 0.3 is 12.1 Å². The first kappa shape index (κ1) is 16.9. The van der Waals surface area contributed by atoms with Gasteiger partial charge in [-0.3, -0.25) is 5.01 Å². The van der Waals surface area contributed by atoms with Crippen LogP contribution >= 0.6 is 0 Å². The molecule has 2 N–H and O–H groups in total.